The third-order valence-electron chi connectivity index (χ3n) is 6.52. The number of nitrogens with zero attached hydrogens (tertiary/aromatic N) is 3. The van der Waals surface area contributed by atoms with Crippen molar-refractivity contribution in [3.05, 3.63) is 81.7 Å². The van der Waals surface area contributed by atoms with Crippen molar-refractivity contribution in [2.45, 2.75) is 36.6 Å². The minimum atomic E-state index is -3.90. The Morgan fingerprint density at radius 1 is 1.13 bits per heavy atom. The molecule has 1 aliphatic rings. The molecule has 38 heavy (non-hydrogen) atoms. The molecule has 0 amide bonds. The van der Waals surface area contributed by atoms with Gasteiger partial charge in [-0.3, -0.25) is 4.79 Å². The summed E-state index contributed by atoms with van der Waals surface area (Å²) >= 11 is 12.0. The van der Waals surface area contributed by atoms with Crippen molar-refractivity contribution in [3.8, 4) is 11.8 Å². The van der Waals surface area contributed by atoms with Gasteiger partial charge in [0, 0.05) is 23.4 Å². The van der Waals surface area contributed by atoms with Crippen molar-refractivity contribution in [2.24, 2.45) is 0 Å². The Morgan fingerprint density at radius 2 is 1.89 bits per heavy atom. The number of carbonyl (C=O) groups excluding carboxylic acids is 1. The molecule has 0 aliphatic heterocycles. The number of aromatic nitrogens is 3. The van der Waals surface area contributed by atoms with Gasteiger partial charge in [0.15, 0.2) is 5.78 Å². The van der Waals surface area contributed by atoms with Gasteiger partial charge >= 0.3 is 0 Å². The molecule has 2 aromatic heterocycles. The zero-order chi connectivity index (χ0) is 26.9. The zero-order valence-electron chi connectivity index (χ0n) is 20.1. The lowest BCUT2D eigenvalue weighted by atomic mass is 10.0. The highest BCUT2D eigenvalue weighted by Crippen LogP contribution is 2.35. The van der Waals surface area contributed by atoms with Crippen LogP contribution in [0.2, 0.25) is 10.0 Å². The Hall–Kier alpha value is -3.42. The second-order valence-electron chi connectivity index (χ2n) is 8.93. The third-order valence-corrected chi connectivity index (χ3v) is 8.89. The first kappa shape index (κ1) is 26.2. The number of sulfonamides is 1. The fourth-order valence-corrected chi connectivity index (χ4v) is 6.36. The third kappa shape index (κ3) is 5.13. The minimum Gasteiger partial charge on any atom is -0.383 e. The Labute approximate surface area is 230 Å². The van der Waals surface area contributed by atoms with Crippen molar-refractivity contribution >= 4 is 55.9 Å². The van der Waals surface area contributed by atoms with Gasteiger partial charge in [-0.2, -0.15) is 4.72 Å². The number of halogens is 2. The van der Waals surface area contributed by atoms with Crippen LogP contribution < -0.4 is 10.5 Å². The van der Waals surface area contributed by atoms with Crippen LogP contribution in [0.4, 0.5) is 5.82 Å². The minimum absolute atomic E-state index is 0.0545. The topological polar surface area (TPSA) is 120 Å². The van der Waals surface area contributed by atoms with Gasteiger partial charge in [-0.1, -0.05) is 66.1 Å². The predicted molar refractivity (Wildman–Crippen MR) is 148 cm³/mol. The van der Waals surface area contributed by atoms with E-state index in [1.54, 1.807) is 24.3 Å². The van der Waals surface area contributed by atoms with E-state index in [2.05, 4.69) is 31.1 Å². The van der Waals surface area contributed by atoms with E-state index >= 15 is 0 Å². The maximum absolute atomic E-state index is 13.6. The number of nitrogen functional groups attached to an aromatic ring is 1. The summed E-state index contributed by atoms with van der Waals surface area (Å²) in [7, 11) is -3.90. The van der Waals surface area contributed by atoms with Gasteiger partial charge in [0.1, 0.15) is 22.7 Å². The molecule has 2 heterocycles. The van der Waals surface area contributed by atoms with E-state index in [9.17, 15) is 13.2 Å². The molecule has 0 radical (unpaired) electrons. The van der Waals surface area contributed by atoms with Gasteiger partial charge in [-0.25, -0.2) is 18.4 Å². The molecule has 0 saturated heterocycles. The van der Waals surface area contributed by atoms with Gasteiger partial charge < -0.3 is 10.3 Å². The number of hydrogen-bond acceptors (Lipinski definition) is 6. The van der Waals surface area contributed by atoms with Gasteiger partial charge in [0.05, 0.1) is 27.5 Å². The molecule has 0 atom stereocenters. The number of nitrogens with two attached hydrogens (primary N) is 1. The molecule has 0 unspecified atom stereocenters. The number of rotatable bonds is 6. The molecule has 1 saturated carbocycles. The summed E-state index contributed by atoms with van der Waals surface area (Å²) in [5.74, 6) is 5.72. The maximum atomic E-state index is 13.6. The van der Waals surface area contributed by atoms with Gasteiger partial charge in [0.25, 0.3) is 0 Å². The summed E-state index contributed by atoms with van der Waals surface area (Å²) in [5.41, 5.74) is 8.27. The number of nitrogens with one attached hydrogen (secondary N) is 1. The van der Waals surface area contributed by atoms with E-state index < -0.39 is 10.0 Å². The molecular formula is C27H23Cl2N5O3S. The highest BCUT2D eigenvalue weighted by molar-refractivity contribution is 7.89. The molecule has 3 N–H and O–H groups in total. The Balaban J connectivity index is 1.38. The molecule has 2 aromatic carbocycles. The van der Waals surface area contributed by atoms with Crippen molar-refractivity contribution in [3.63, 3.8) is 0 Å². The van der Waals surface area contributed by atoms with Crippen LogP contribution in [0.5, 0.6) is 0 Å². The van der Waals surface area contributed by atoms with Crippen molar-refractivity contribution in [2.75, 3.05) is 12.3 Å². The standard InChI is InChI=1S/C27H23Cl2N5O3S/c28-21-11-4-12-22(24(21)29)38(36,37)33-13-5-7-17-6-3-8-18(14-17)25(35)20-15-34(19-9-1-2-10-19)27-23(20)26(30)31-16-32-27/h3-4,6,8,11-12,14-16,19,33H,1-2,9-10,13H2,(H2,30,31,32). The molecule has 194 valence electrons. The molecule has 0 spiro atoms. The Morgan fingerprint density at radius 3 is 2.68 bits per heavy atom. The molecular weight excluding hydrogens is 545 g/mol. The molecule has 0 bridgehead atoms. The first-order valence-electron chi connectivity index (χ1n) is 11.9. The molecule has 1 fully saturated rings. The van der Waals surface area contributed by atoms with E-state index in [1.807, 2.05) is 6.20 Å². The number of fused-ring (bicyclic) bond motifs is 1. The van der Waals surface area contributed by atoms with Crippen LogP contribution >= 0.6 is 23.2 Å². The number of carbonyl (C=O) groups is 1. The molecule has 1 aliphatic carbocycles. The van der Waals surface area contributed by atoms with Crippen LogP contribution in [0.1, 0.15) is 53.2 Å². The van der Waals surface area contributed by atoms with Crippen LogP contribution in [0, 0.1) is 11.8 Å². The van der Waals surface area contributed by atoms with Crippen LogP contribution in [0.25, 0.3) is 11.0 Å². The number of benzene rings is 2. The fourth-order valence-electron chi connectivity index (χ4n) is 4.68. The van der Waals surface area contributed by atoms with E-state index in [-0.39, 0.29) is 39.1 Å². The van der Waals surface area contributed by atoms with E-state index in [1.165, 1.54) is 24.5 Å². The summed E-state index contributed by atoms with van der Waals surface area (Å²) in [5, 5.41) is 0.637. The number of hydrogen-bond donors (Lipinski definition) is 2. The zero-order valence-corrected chi connectivity index (χ0v) is 22.4. The van der Waals surface area contributed by atoms with E-state index in [0.717, 1.165) is 25.7 Å². The van der Waals surface area contributed by atoms with Gasteiger partial charge in [0.2, 0.25) is 10.0 Å². The quantitative estimate of drug-likeness (QED) is 0.250. The van der Waals surface area contributed by atoms with Crippen molar-refractivity contribution < 1.29 is 13.2 Å². The van der Waals surface area contributed by atoms with Crippen LogP contribution in [0.3, 0.4) is 0 Å². The average Bonchev–Trinajstić information content (AvgIpc) is 3.57. The van der Waals surface area contributed by atoms with Crippen LogP contribution in [-0.2, 0) is 10.0 Å². The van der Waals surface area contributed by atoms with Crippen LogP contribution in [0.15, 0.2) is 59.9 Å². The Kier molecular flexibility index (Phi) is 7.41. The predicted octanol–water partition coefficient (Wildman–Crippen LogP) is 5.00. The lowest BCUT2D eigenvalue weighted by Gasteiger charge is -2.12. The Bertz CT molecular complexity index is 1720. The SMILES string of the molecule is Nc1ncnc2c1c(C(=O)c1cccc(C#CCNS(=O)(=O)c3cccc(Cl)c3Cl)c1)cn2C1CCCC1. The first-order valence-corrected chi connectivity index (χ1v) is 14.2. The summed E-state index contributed by atoms with van der Waals surface area (Å²) in [6.45, 7) is -0.161. The van der Waals surface area contributed by atoms with Crippen molar-refractivity contribution in [1.29, 1.82) is 0 Å². The second kappa shape index (κ2) is 10.8. The average molecular weight is 568 g/mol. The van der Waals surface area contributed by atoms with Crippen LogP contribution in [-0.4, -0.2) is 35.3 Å². The number of ketones is 1. The molecule has 5 rings (SSSR count). The number of anilines is 1. The lowest BCUT2D eigenvalue weighted by molar-refractivity contribution is 0.104. The summed E-state index contributed by atoms with van der Waals surface area (Å²) in [6.07, 6.45) is 7.58. The second-order valence-corrected chi connectivity index (χ2v) is 11.5. The molecule has 11 heteroatoms. The molecule has 8 nitrogen and oxygen atoms in total. The maximum Gasteiger partial charge on any atom is 0.242 e. The normalized spacial score (nSPS) is 13.9. The summed E-state index contributed by atoms with van der Waals surface area (Å²) in [6, 6.07) is 11.5. The summed E-state index contributed by atoms with van der Waals surface area (Å²) in [4.78, 5) is 22.0. The summed E-state index contributed by atoms with van der Waals surface area (Å²) < 4.78 is 29.6. The smallest absolute Gasteiger partial charge is 0.242 e. The van der Waals surface area contributed by atoms with E-state index in [0.29, 0.717) is 27.7 Å². The van der Waals surface area contributed by atoms with Gasteiger partial charge in [-0.05, 0) is 37.1 Å². The highest BCUT2D eigenvalue weighted by Gasteiger charge is 2.25. The highest BCUT2D eigenvalue weighted by atomic mass is 35.5. The van der Waals surface area contributed by atoms with E-state index in [4.69, 9.17) is 28.9 Å². The van der Waals surface area contributed by atoms with Gasteiger partial charge in [-0.15, -0.1) is 0 Å². The largest absolute Gasteiger partial charge is 0.383 e. The monoisotopic (exact) mass is 567 g/mol. The molecule has 4 aromatic rings. The fraction of sp³-hybridized carbons (Fsp3) is 0.222. The van der Waals surface area contributed by atoms with Crippen molar-refractivity contribution in [1.82, 2.24) is 19.3 Å². The first-order chi connectivity index (χ1) is 18.3. The lowest BCUT2D eigenvalue weighted by Crippen LogP contribution is -2.24.